The number of hydrogen-bond donors (Lipinski definition) is 0. The SMILES string of the molecule is COc1ccc(Cc2nnc(SCCOc3ccc(C=O)cc3)n2C)cc1. The molecule has 0 atom stereocenters. The molecule has 0 aliphatic rings. The Labute approximate surface area is 162 Å². The van der Waals surface area contributed by atoms with E-state index in [1.54, 1.807) is 43.1 Å². The van der Waals surface area contributed by atoms with Crippen LogP contribution in [0, 0.1) is 0 Å². The molecule has 0 N–H and O–H groups in total. The van der Waals surface area contributed by atoms with E-state index in [0.29, 0.717) is 18.6 Å². The molecule has 0 saturated carbocycles. The highest BCUT2D eigenvalue weighted by Gasteiger charge is 2.10. The maximum absolute atomic E-state index is 10.6. The molecule has 0 amide bonds. The normalized spacial score (nSPS) is 10.6. The van der Waals surface area contributed by atoms with E-state index in [-0.39, 0.29) is 0 Å². The van der Waals surface area contributed by atoms with Crippen LogP contribution in [0.2, 0.25) is 0 Å². The van der Waals surface area contributed by atoms with Crippen LogP contribution in [0.1, 0.15) is 21.7 Å². The first-order valence-corrected chi connectivity index (χ1v) is 9.50. The molecule has 2 aromatic carbocycles. The molecule has 0 aliphatic carbocycles. The van der Waals surface area contributed by atoms with Gasteiger partial charge in [-0.05, 0) is 42.0 Å². The lowest BCUT2D eigenvalue weighted by atomic mass is 10.1. The molecular formula is C20H21N3O3S. The quantitative estimate of drug-likeness (QED) is 0.321. The van der Waals surface area contributed by atoms with E-state index >= 15 is 0 Å². The predicted octanol–water partition coefficient (Wildman–Crippen LogP) is 3.40. The number of nitrogens with zero attached hydrogens (tertiary/aromatic N) is 3. The van der Waals surface area contributed by atoms with Crippen LogP contribution in [0.5, 0.6) is 11.5 Å². The van der Waals surface area contributed by atoms with E-state index in [4.69, 9.17) is 9.47 Å². The number of methoxy groups -OCH3 is 1. The Morgan fingerprint density at radius 1 is 1.04 bits per heavy atom. The summed E-state index contributed by atoms with van der Waals surface area (Å²) >= 11 is 1.60. The lowest BCUT2D eigenvalue weighted by molar-refractivity contribution is 0.112. The molecule has 0 fully saturated rings. The smallest absolute Gasteiger partial charge is 0.191 e. The summed E-state index contributed by atoms with van der Waals surface area (Å²) in [5.41, 5.74) is 1.80. The first-order valence-electron chi connectivity index (χ1n) is 8.51. The lowest BCUT2D eigenvalue weighted by Gasteiger charge is -2.07. The second kappa shape index (κ2) is 9.23. The minimum atomic E-state index is 0.547. The van der Waals surface area contributed by atoms with Gasteiger partial charge in [-0.3, -0.25) is 4.79 Å². The Bertz CT molecular complexity index is 876. The van der Waals surface area contributed by atoms with Crippen molar-refractivity contribution >= 4 is 18.0 Å². The van der Waals surface area contributed by atoms with Crippen molar-refractivity contribution in [3.05, 3.63) is 65.5 Å². The number of rotatable bonds is 9. The van der Waals surface area contributed by atoms with Gasteiger partial charge in [0, 0.05) is 24.8 Å². The molecule has 0 spiro atoms. The standard InChI is InChI=1S/C20H21N3O3S/c1-23-19(13-15-3-7-17(25-2)8-4-15)21-22-20(23)27-12-11-26-18-9-5-16(14-24)6-10-18/h3-10,14H,11-13H2,1-2H3. The number of aldehydes is 1. The van der Waals surface area contributed by atoms with E-state index in [9.17, 15) is 4.79 Å². The number of carbonyl (C=O) groups is 1. The second-order valence-corrected chi connectivity index (χ2v) is 6.93. The molecule has 6 nitrogen and oxygen atoms in total. The van der Waals surface area contributed by atoms with Gasteiger partial charge in [0.15, 0.2) is 5.16 Å². The number of ether oxygens (including phenoxy) is 2. The summed E-state index contributed by atoms with van der Waals surface area (Å²) in [4.78, 5) is 10.6. The van der Waals surface area contributed by atoms with E-state index in [1.807, 2.05) is 35.9 Å². The summed E-state index contributed by atoms with van der Waals surface area (Å²) < 4.78 is 12.9. The second-order valence-electron chi connectivity index (χ2n) is 5.87. The largest absolute Gasteiger partial charge is 0.497 e. The van der Waals surface area contributed by atoms with Crippen LogP contribution in [0.3, 0.4) is 0 Å². The highest BCUT2D eigenvalue weighted by atomic mass is 32.2. The summed E-state index contributed by atoms with van der Waals surface area (Å²) in [6.45, 7) is 0.547. The van der Waals surface area contributed by atoms with Crippen LogP contribution in [-0.4, -0.2) is 40.5 Å². The Morgan fingerprint density at radius 3 is 2.41 bits per heavy atom. The summed E-state index contributed by atoms with van der Waals surface area (Å²) in [5, 5.41) is 9.43. The molecule has 0 unspecified atom stereocenters. The van der Waals surface area contributed by atoms with Crippen LogP contribution in [0.15, 0.2) is 53.7 Å². The molecule has 1 aromatic heterocycles. The highest BCUT2D eigenvalue weighted by Crippen LogP contribution is 2.19. The van der Waals surface area contributed by atoms with Crippen LogP contribution in [0.4, 0.5) is 0 Å². The van der Waals surface area contributed by atoms with Crippen molar-refractivity contribution in [3.8, 4) is 11.5 Å². The monoisotopic (exact) mass is 383 g/mol. The maximum atomic E-state index is 10.6. The van der Waals surface area contributed by atoms with Crippen molar-refractivity contribution in [3.63, 3.8) is 0 Å². The molecule has 0 aliphatic heterocycles. The van der Waals surface area contributed by atoms with Gasteiger partial charge >= 0.3 is 0 Å². The molecule has 3 aromatic rings. The number of benzene rings is 2. The van der Waals surface area contributed by atoms with Gasteiger partial charge in [-0.1, -0.05) is 23.9 Å². The number of carbonyl (C=O) groups excluding carboxylic acids is 1. The van der Waals surface area contributed by atoms with Crippen molar-refractivity contribution in [1.29, 1.82) is 0 Å². The van der Waals surface area contributed by atoms with Gasteiger partial charge in [0.2, 0.25) is 0 Å². The van der Waals surface area contributed by atoms with Crippen LogP contribution in [-0.2, 0) is 13.5 Å². The average Bonchev–Trinajstić information content (AvgIpc) is 3.06. The zero-order valence-electron chi connectivity index (χ0n) is 15.3. The molecule has 1 heterocycles. The van der Waals surface area contributed by atoms with Gasteiger partial charge in [-0.15, -0.1) is 10.2 Å². The Hall–Kier alpha value is -2.80. The fraction of sp³-hybridized carbons (Fsp3) is 0.250. The molecule has 0 radical (unpaired) electrons. The van der Waals surface area contributed by atoms with Crippen molar-refractivity contribution < 1.29 is 14.3 Å². The summed E-state index contributed by atoms with van der Waals surface area (Å²) in [5.74, 6) is 3.25. The molecule has 0 bridgehead atoms. The summed E-state index contributed by atoms with van der Waals surface area (Å²) in [6.07, 6.45) is 1.53. The summed E-state index contributed by atoms with van der Waals surface area (Å²) in [6, 6.07) is 15.0. The van der Waals surface area contributed by atoms with Crippen molar-refractivity contribution in [2.45, 2.75) is 11.6 Å². The van der Waals surface area contributed by atoms with Gasteiger partial charge in [0.1, 0.15) is 23.6 Å². The average molecular weight is 383 g/mol. The van der Waals surface area contributed by atoms with E-state index in [2.05, 4.69) is 10.2 Å². The molecule has 140 valence electrons. The molecule has 27 heavy (non-hydrogen) atoms. The van der Waals surface area contributed by atoms with Crippen molar-refractivity contribution in [1.82, 2.24) is 14.8 Å². The summed E-state index contributed by atoms with van der Waals surface area (Å²) in [7, 11) is 3.63. The molecule has 3 rings (SSSR count). The van der Waals surface area contributed by atoms with Crippen LogP contribution in [0.25, 0.3) is 0 Å². The predicted molar refractivity (Wildman–Crippen MR) is 105 cm³/mol. The topological polar surface area (TPSA) is 66.2 Å². The molecule has 0 saturated heterocycles. The third-order valence-electron chi connectivity index (χ3n) is 4.05. The third-order valence-corrected chi connectivity index (χ3v) is 5.03. The third kappa shape index (κ3) is 5.10. The minimum absolute atomic E-state index is 0.547. The maximum Gasteiger partial charge on any atom is 0.191 e. The van der Waals surface area contributed by atoms with E-state index < -0.39 is 0 Å². The van der Waals surface area contributed by atoms with Gasteiger partial charge < -0.3 is 14.0 Å². The fourth-order valence-electron chi connectivity index (χ4n) is 2.49. The molecule has 7 heteroatoms. The Balaban J connectivity index is 1.49. The first-order chi connectivity index (χ1) is 13.2. The first kappa shape index (κ1) is 19.0. The van der Waals surface area contributed by atoms with Gasteiger partial charge in [0.25, 0.3) is 0 Å². The van der Waals surface area contributed by atoms with Gasteiger partial charge in [0.05, 0.1) is 13.7 Å². The van der Waals surface area contributed by atoms with Crippen LogP contribution >= 0.6 is 11.8 Å². The van der Waals surface area contributed by atoms with Gasteiger partial charge in [-0.25, -0.2) is 0 Å². The number of thioether (sulfide) groups is 1. The zero-order chi connectivity index (χ0) is 19.1. The Morgan fingerprint density at radius 2 is 1.74 bits per heavy atom. The highest BCUT2D eigenvalue weighted by molar-refractivity contribution is 7.99. The van der Waals surface area contributed by atoms with Crippen LogP contribution < -0.4 is 9.47 Å². The minimum Gasteiger partial charge on any atom is -0.497 e. The molecular weight excluding hydrogens is 362 g/mol. The number of aromatic nitrogens is 3. The zero-order valence-corrected chi connectivity index (χ0v) is 16.1. The lowest BCUT2D eigenvalue weighted by Crippen LogP contribution is -2.03. The number of hydrogen-bond acceptors (Lipinski definition) is 6. The van der Waals surface area contributed by atoms with Crippen molar-refractivity contribution in [2.75, 3.05) is 19.5 Å². The Kier molecular flexibility index (Phi) is 6.49. The van der Waals surface area contributed by atoms with Gasteiger partial charge in [-0.2, -0.15) is 0 Å². The van der Waals surface area contributed by atoms with E-state index in [0.717, 1.165) is 40.1 Å². The van der Waals surface area contributed by atoms with Crippen molar-refractivity contribution in [2.24, 2.45) is 7.05 Å². The fourth-order valence-corrected chi connectivity index (χ4v) is 3.23. The van der Waals surface area contributed by atoms with E-state index in [1.165, 1.54) is 0 Å².